The van der Waals surface area contributed by atoms with Crippen molar-refractivity contribution in [2.45, 2.75) is 22.7 Å². The predicted molar refractivity (Wildman–Crippen MR) is 168 cm³/mol. The zero-order valence-corrected chi connectivity index (χ0v) is 26.4. The monoisotopic (exact) mass is 703 g/mol. The molecule has 1 fully saturated rings. The van der Waals surface area contributed by atoms with Gasteiger partial charge in [-0.05, 0) is 60.2 Å². The summed E-state index contributed by atoms with van der Waals surface area (Å²) in [7, 11) is 1.54. The average molecular weight is 705 g/mol. The van der Waals surface area contributed by atoms with Crippen LogP contribution in [0.4, 0.5) is 11.4 Å². The van der Waals surface area contributed by atoms with Crippen LogP contribution < -0.4 is 19.8 Å². The highest BCUT2D eigenvalue weighted by Crippen LogP contribution is 2.54. The lowest BCUT2D eigenvalue weighted by molar-refractivity contribution is -0.122. The van der Waals surface area contributed by atoms with Crippen molar-refractivity contribution in [3.8, 4) is 5.75 Å². The molecule has 8 nitrogen and oxygen atoms in total. The van der Waals surface area contributed by atoms with Crippen molar-refractivity contribution in [3.05, 3.63) is 101 Å². The number of fused-ring (bicyclic) bond motifs is 2. The lowest BCUT2D eigenvalue weighted by Crippen LogP contribution is -2.33. The van der Waals surface area contributed by atoms with Crippen LogP contribution in [0.15, 0.2) is 81.0 Å². The van der Waals surface area contributed by atoms with Gasteiger partial charge >= 0.3 is 4.87 Å². The Morgan fingerprint density at radius 3 is 2.36 bits per heavy atom. The molecule has 42 heavy (non-hydrogen) atoms. The molecule has 3 heterocycles. The number of aromatic nitrogens is 1. The van der Waals surface area contributed by atoms with E-state index in [0.717, 1.165) is 33.1 Å². The Labute approximate surface area is 266 Å². The van der Waals surface area contributed by atoms with Gasteiger partial charge in [0.25, 0.3) is 0 Å². The van der Waals surface area contributed by atoms with E-state index >= 15 is 0 Å². The van der Waals surface area contributed by atoms with Crippen LogP contribution in [0.25, 0.3) is 0 Å². The molecule has 0 spiro atoms. The van der Waals surface area contributed by atoms with Crippen molar-refractivity contribution in [3.63, 3.8) is 0 Å². The number of thioether (sulfide) groups is 1. The minimum Gasteiger partial charge on any atom is -0.497 e. The Balaban J connectivity index is 1.39. The molecule has 4 aromatic rings. The first-order chi connectivity index (χ1) is 20.2. The van der Waals surface area contributed by atoms with Crippen LogP contribution in [0, 0.1) is 5.92 Å². The van der Waals surface area contributed by atoms with Gasteiger partial charge in [-0.25, -0.2) is 4.90 Å². The first kappa shape index (κ1) is 29.0. The van der Waals surface area contributed by atoms with Crippen LogP contribution >= 0.6 is 62.2 Å². The SMILES string of the molecule is COc1ccc(N2C(=O)[C@H]3[C@H](c4ccc(Br)cc4)c4sc(=O)n(CC(=O)Nc5ccc(Cl)c(Cl)c5)c4S[C@H]3C2=O)cc1. The summed E-state index contributed by atoms with van der Waals surface area (Å²) in [6.45, 7) is -0.285. The van der Waals surface area contributed by atoms with Gasteiger partial charge in [-0.1, -0.05) is 74.4 Å². The van der Waals surface area contributed by atoms with Gasteiger partial charge in [-0.15, -0.1) is 0 Å². The number of hydrogen-bond donors (Lipinski definition) is 1. The fraction of sp³-hybridized carbons (Fsp3) is 0.172. The molecule has 3 aromatic carbocycles. The minimum atomic E-state index is -0.792. The highest BCUT2D eigenvalue weighted by molar-refractivity contribution is 9.10. The van der Waals surface area contributed by atoms with E-state index < -0.39 is 23.0 Å². The largest absolute Gasteiger partial charge is 0.497 e. The number of rotatable bonds is 6. The topological polar surface area (TPSA) is 97.7 Å². The number of anilines is 2. The van der Waals surface area contributed by atoms with E-state index in [1.165, 1.54) is 22.6 Å². The van der Waals surface area contributed by atoms with E-state index in [9.17, 15) is 19.2 Å². The van der Waals surface area contributed by atoms with Gasteiger partial charge < -0.3 is 10.1 Å². The molecule has 3 amide bonds. The highest BCUT2D eigenvalue weighted by Gasteiger charge is 2.56. The van der Waals surface area contributed by atoms with E-state index in [1.54, 1.807) is 36.4 Å². The Hall–Kier alpha value is -3.09. The third-order valence-corrected chi connectivity index (χ3v) is 11.0. The molecule has 0 radical (unpaired) electrons. The fourth-order valence-electron chi connectivity index (χ4n) is 5.19. The third-order valence-electron chi connectivity index (χ3n) is 7.11. The molecule has 2 aliphatic heterocycles. The number of imide groups is 1. The van der Waals surface area contributed by atoms with Crippen LogP contribution in [0.1, 0.15) is 16.4 Å². The van der Waals surface area contributed by atoms with Crippen molar-refractivity contribution in [1.82, 2.24) is 4.57 Å². The van der Waals surface area contributed by atoms with Gasteiger partial charge in [-0.3, -0.25) is 23.7 Å². The number of thiazole rings is 1. The quantitative estimate of drug-likeness (QED) is 0.233. The summed E-state index contributed by atoms with van der Waals surface area (Å²) in [5.74, 6) is -1.87. The maximum Gasteiger partial charge on any atom is 0.308 e. The van der Waals surface area contributed by atoms with E-state index in [-0.39, 0.29) is 28.3 Å². The van der Waals surface area contributed by atoms with Crippen molar-refractivity contribution in [2.75, 3.05) is 17.3 Å². The number of nitrogens with one attached hydrogen (secondary N) is 1. The van der Waals surface area contributed by atoms with Crippen molar-refractivity contribution in [1.29, 1.82) is 0 Å². The Morgan fingerprint density at radius 2 is 1.69 bits per heavy atom. The summed E-state index contributed by atoms with van der Waals surface area (Å²) in [5, 5.41) is 3.08. The number of carbonyl (C=O) groups is 3. The molecule has 1 saturated heterocycles. The second-order valence-electron chi connectivity index (χ2n) is 9.60. The molecule has 2 aliphatic rings. The summed E-state index contributed by atoms with van der Waals surface area (Å²) < 4.78 is 7.45. The third kappa shape index (κ3) is 5.17. The van der Waals surface area contributed by atoms with E-state index in [1.807, 2.05) is 24.3 Å². The molecular weight excluding hydrogens is 685 g/mol. The van der Waals surface area contributed by atoms with E-state index in [0.29, 0.717) is 32.1 Å². The van der Waals surface area contributed by atoms with Crippen LogP contribution in [-0.4, -0.2) is 34.6 Å². The molecule has 0 aliphatic carbocycles. The first-order valence-electron chi connectivity index (χ1n) is 12.6. The lowest BCUT2D eigenvalue weighted by Gasteiger charge is -2.30. The smallest absolute Gasteiger partial charge is 0.308 e. The summed E-state index contributed by atoms with van der Waals surface area (Å²) in [6.07, 6.45) is 0. The standard InChI is InChI=1S/C29H20BrCl2N3O5S2/c1-40-18-9-7-17(8-10-18)35-26(37)23-22(14-2-4-15(30)5-3-14)25-28(41-24(23)27(35)38)34(29(39)42-25)13-21(36)33-16-6-11-19(31)20(32)12-16/h2-12,22-24H,13H2,1H3,(H,33,36)/t22-,23-,24+/m0/s1. The highest BCUT2D eigenvalue weighted by atomic mass is 79.9. The normalized spacial score (nSPS) is 19.4. The number of nitrogens with zero attached hydrogens (tertiary/aromatic N) is 2. The summed E-state index contributed by atoms with van der Waals surface area (Å²) in [4.78, 5) is 55.7. The molecule has 1 N–H and O–H groups in total. The molecule has 1 aromatic heterocycles. The Kier molecular flexibility index (Phi) is 7.97. The minimum absolute atomic E-state index is 0.282. The number of methoxy groups -OCH3 is 1. The molecule has 6 rings (SSSR count). The van der Waals surface area contributed by atoms with Crippen LogP contribution in [0.3, 0.4) is 0 Å². The zero-order valence-electron chi connectivity index (χ0n) is 21.7. The number of amides is 3. The van der Waals surface area contributed by atoms with E-state index in [2.05, 4.69) is 21.2 Å². The molecule has 214 valence electrons. The Morgan fingerprint density at radius 1 is 0.976 bits per heavy atom. The van der Waals surface area contributed by atoms with Crippen molar-refractivity contribution in [2.24, 2.45) is 5.92 Å². The first-order valence-corrected chi connectivity index (χ1v) is 15.8. The number of hydrogen-bond acceptors (Lipinski definition) is 7. The van der Waals surface area contributed by atoms with Gasteiger partial charge in [0, 0.05) is 21.0 Å². The zero-order chi connectivity index (χ0) is 29.7. The molecular formula is C29H20BrCl2N3O5S2. The average Bonchev–Trinajstić information content (AvgIpc) is 3.41. The maximum absolute atomic E-state index is 14.0. The van der Waals surface area contributed by atoms with Crippen LogP contribution in [0.2, 0.25) is 10.0 Å². The number of halogens is 3. The van der Waals surface area contributed by atoms with Gasteiger partial charge in [0.05, 0.1) is 33.8 Å². The molecule has 0 saturated carbocycles. The number of benzene rings is 3. The molecule has 0 bridgehead atoms. The predicted octanol–water partition coefficient (Wildman–Crippen LogP) is 6.42. The number of ether oxygens (including phenoxy) is 1. The second kappa shape index (κ2) is 11.5. The molecule has 0 unspecified atom stereocenters. The van der Waals surface area contributed by atoms with Crippen LogP contribution in [-0.2, 0) is 20.9 Å². The summed E-state index contributed by atoms with van der Waals surface area (Å²) in [5.41, 5.74) is 1.66. The fourth-order valence-corrected chi connectivity index (χ4v) is 8.52. The summed E-state index contributed by atoms with van der Waals surface area (Å²) >= 11 is 17.7. The van der Waals surface area contributed by atoms with Gasteiger partial charge in [0.2, 0.25) is 17.7 Å². The van der Waals surface area contributed by atoms with Gasteiger partial charge in [0.15, 0.2) is 0 Å². The Bertz CT molecular complexity index is 1790. The molecule has 13 heteroatoms. The van der Waals surface area contributed by atoms with Crippen molar-refractivity contribution >= 4 is 91.3 Å². The van der Waals surface area contributed by atoms with Crippen molar-refractivity contribution < 1.29 is 19.1 Å². The lowest BCUT2D eigenvalue weighted by atomic mass is 9.83. The summed E-state index contributed by atoms with van der Waals surface area (Å²) in [6, 6.07) is 18.9. The van der Waals surface area contributed by atoms with Crippen LogP contribution in [0.5, 0.6) is 5.75 Å². The molecule has 3 atom stereocenters. The second-order valence-corrected chi connectivity index (χ2v) is 13.5. The van der Waals surface area contributed by atoms with Gasteiger partial charge in [-0.2, -0.15) is 0 Å². The van der Waals surface area contributed by atoms with E-state index in [4.69, 9.17) is 27.9 Å². The maximum atomic E-state index is 14.0. The number of carbonyl (C=O) groups excluding carboxylic acids is 3. The van der Waals surface area contributed by atoms with Gasteiger partial charge in [0.1, 0.15) is 17.5 Å².